The van der Waals surface area contributed by atoms with E-state index < -0.39 is 0 Å². The summed E-state index contributed by atoms with van der Waals surface area (Å²) in [5, 5.41) is 3.46. The van der Waals surface area contributed by atoms with E-state index >= 15 is 0 Å². The van der Waals surface area contributed by atoms with Crippen LogP contribution >= 0.6 is 31.9 Å². The number of hydrogen-bond donors (Lipinski definition) is 1. The van der Waals surface area contributed by atoms with E-state index in [0.717, 1.165) is 49.1 Å². The van der Waals surface area contributed by atoms with E-state index in [1.165, 1.54) is 26.9 Å². The summed E-state index contributed by atoms with van der Waals surface area (Å²) in [6.07, 6.45) is 5.89. The molecule has 130 valence electrons. The molecule has 0 saturated carbocycles. The summed E-state index contributed by atoms with van der Waals surface area (Å²) in [5.41, 5.74) is 6.50. The van der Waals surface area contributed by atoms with Gasteiger partial charge in [0.05, 0.1) is 11.7 Å². The zero-order valence-electron chi connectivity index (χ0n) is 14.1. The first kappa shape index (κ1) is 17.4. The Morgan fingerprint density at radius 2 is 2.00 bits per heavy atom. The molecule has 1 saturated heterocycles. The third-order valence-corrected chi connectivity index (χ3v) is 6.58. The highest BCUT2D eigenvalue weighted by atomic mass is 79.9. The SMILES string of the molecule is C=Cc1ccc2c(c1Br)CCc1cc(Br)cnc1C2N1CCNCC1. The largest absolute Gasteiger partial charge is 0.314 e. The highest BCUT2D eigenvalue weighted by molar-refractivity contribution is 9.10. The first-order chi connectivity index (χ1) is 12.2. The van der Waals surface area contributed by atoms with Gasteiger partial charge in [0.25, 0.3) is 0 Å². The van der Waals surface area contributed by atoms with Crippen molar-refractivity contribution >= 4 is 37.9 Å². The van der Waals surface area contributed by atoms with Gasteiger partial charge in [-0.25, -0.2) is 0 Å². The third kappa shape index (κ3) is 3.23. The average Bonchev–Trinajstić information content (AvgIpc) is 2.79. The van der Waals surface area contributed by atoms with Crippen LogP contribution in [0.2, 0.25) is 0 Å². The van der Waals surface area contributed by atoms with Crippen molar-refractivity contribution in [3.8, 4) is 0 Å². The molecule has 2 aliphatic rings. The van der Waals surface area contributed by atoms with Crippen LogP contribution in [0.25, 0.3) is 6.08 Å². The fourth-order valence-corrected chi connectivity index (χ4v) is 5.08. The molecule has 1 atom stereocenters. The van der Waals surface area contributed by atoms with E-state index in [2.05, 4.69) is 66.9 Å². The van der Waals surface area contributed by atoms with Crippen LogP contribution in [0, 0.1) is 0 Å². The lowest BCUT2D eigenvalue weighted by atomic mass is 9.94. The summed E-state index contributed by atoms with van der Waals surface area (Å²) in [6.45, 7) is 8.11. The number of halogens is 2. The summed E-state index contributed by atoms with van der Waals surface area (Å²) in [5.74, 6) is 0. The molecule has 0 radical (unpaired) electrons. The number of nitrogens with one attached hydrogen (secondary N) is 1. The predicted octanol–water partition coefficient (Wildman–Crippen LogP) is 4.34. The lowest BCUT2D eigenvalue weighted by Crippen LogP contribution is -2.45. The minimum atomic E-state index is 0.220. The number of aromatic nitrogens is 1. The lowest BCUT2D eigenvalue weighted by molar-refractivity contribution is 0.195. The van der Waals surface area contributed by atoms with Crippen molar-refractivity contribution in [2.24, 2.45) is 0 Å². The van der Waals surface area contributed by atoms with Crippen LogP contribution in [0.5, 0.6) is 0 Å². The summed E-state index contributed by atoms with van der Waals surface area (Å²) in [6, 6.07) is 6.92. The fraction of sp³-hybridized carbons (Fsp3) is 0.350. The Hall–Kier alpha value is -1.01. The van der Waals surface area contributed by atoms with E-state index in [0.29, 0.717) is 0 Å². The van der Waals surface area contributed by atoms with Crippen LogP contribution < -0.4 is 5.32 Å². The Kier molecular flexibility index (Phi) is 5.09. The Morgan fingerprint density at radius 1 is 1.20 bits per heavy atom. The van der Waals surface area contributed by atoms with Crippen molar-refractivity contribution < 1.29 is 0 Å². The smallest absolute Gasteiger partial charge is 0.0783 e. The van der Waals surface area contributed by atoms with Gasteiger partial charge >= 0.3 is 0 Å². The maximum Gasteiger partial charge on any atom is 0.0783 e. The second-order valence-corrected chi connectivity index (χ2v) is 8.34. The Balaban J connectivity index is 1.90. The van der Waals surface area contributed by atoms with Crippen LogP contribution in [-0.2, 0) is 12.8 Å². The van der Waals surface area contributed by atoms with Crippen LogP contribution in [-0.4, -0.2) is 36.1 Å². The maximum atomic E-state index is 4.86. The first-order valence-electron chi connectivity index (χ1n) is 8.72. The molecule has 1 aromatic heterocycles. The van der Waals surface area contributed by atoms with Gasteiger partial charge in [-0.3, -0.25) is 9.88 Å². The maximum absolute atomic E-state index is 4.86. The molecule has 4 rings (SSSR count). The quantitative estimate of drug-likeness (QED) is 0.719. The van der Waals surface area contributed by atoms with Crippen LogP contribution in [0.1, 0.15) is 34.0 Å². The van der Waals surface area contributed by atoms with Gasteiger partial charge in [0.2, 0.25) is 0 Å². The molecule has 0 bridgehead atoms. The molecule has 0 amide bonds. The molecule has 1 N–H and O–H groups in total. The van der Waals surface area contributed by atoms with Crippen molar-refractivity contribution in [1.82, 2.24) is 15.2 Å². The van der Waals surface area contributed by atoms with Gasteiger partial charge in [-0.2, -0.15) is 0 Å². The molecule has 3 nitrogen and oxygen atoms in total. The predicted molar refractivity (Wildman–Crippen MR) is 110 cm³/mol. The molecule has 2 aromatic rings. The second-order valence-electron chi connectivity index (χ2n) is 6.63. The lowest BCUT2D eigenvalue weighted by Gasteiger charge is -2.36. The Morgan fingerprint density at radius 3 is 2.76 bits per heavy atom. The monoisotopic (exact) mass is 461 g/mol. The van der Waals surface area contributed by atoms with Gasteiger partial charge < -0.3 is 5.32 Å². The van der Waals surface area contributed by atoms with Crippen molar-refractivity contribution in [1.29, 1.82) is 0 Å². The number of piperazine rings is 1. The number of pyridine rings is 1. The van der Waals surface area contributed by atoms with Crippen molar-refractivity contribution in [3.05, 3.63) is 67.9 Å². The number of hydrogen-bond acceptors (Lipinski definition) is 3. The Labute approximate surface area is 165 Å². The molecule has 1 unspecified atom stereocenters. The Bertz CT molecular complexity index is 813. The number of nitrogens with zero attached hydrogens (tertiary/aromatic N) is 2. The van der Waals surface area contributed by atoms with E-state index in [-0.39, 0.29) is 6.04 Å². The number of aryl methyl sites for hydroxylation is 1. The molecule has 1 aromatic carbocycles. The molecule has 25 heavy (non-hydrogen) atoms. The van der Waals surface area contributed by atoms with Crippen LogP contribution in [0.3, 0.4) is 0 Å². The van der Waals surface area contributed by atoms with E-state index in [1.807, 2.05) is 12.3 Å². The van der Waals surface area contributed by atoms with Crippen molar-refractivity contribution in [3.63, 3.8) is 0 Å². The topological polar surface area (TPSA) is 28.2 Å². The summed E-state index contributed by atoms with van der Waals surface area (Å²) >= 11 is 7.44. The number of rotatable bonds is 2. The minimum absolute atomic E-state index is 0.220. The molecule has 0 spiro atoms. The van der Waals surface area contributed by atoms with Crippen LogP contribution in [0.4, 0.5) is 0 Å². The molecule has 2 heterocycles. The average molecular weight is 463 g/mol. The van der Waals surface area contributed by atoms with Gasteiger partial charge in [-0.05, 0) is 73.0 Å². The fourth-order valence-electron chi connectivity index (χ4n) is 3.98. The third-order valence-electron chi connectivity index (χ3n) is 5.21. The number of benzene rings is 1. The molecular formula is C20H21Br2N3. The van der Waals surface area contributed by atoms with Gasteiger partial charge in [-0.1, -0.05) is 24.8 Å². The normalized spacial score (nSPS) is 20.5. The summed E-state index contributed by atoms with van der Waals surface area (Å²) < 4.78 is 2.24. The first-order valence-corrected chi connectivity index (χ1v) is 10.3. The van der Waals surface area contributed by atoms with Gasteiger partial charge in [0.1, 0.15) is 0 Å². The second kappa shape index (κ2) is 7.31. The van der Waals surface area contributed by atoms with E-state index in [4.69, 9.17) is 4.98 Å². The molecule has 1 aliphatic carbocycles. The summed E-state index contributed by atoms with van der Waals surface area (Å²) in [7, 11) is 0. The highest BCUT2D eigenvalue weighted by Crippen LogP contribution is 2.40. The van der Waals surface area contributed by atoms with Crippen molar-refractivity contribution in [2.45, 2.75) is 18.9 Å². The van der Waals surface area contributed by atoms with E-state index in [1.54, 1.807) is 0 Å². The molecule has 1 aliphatic heterocycles. The standard InChI is InChI=1S/C20H21Br2N3/c1-2-13-3-6-17-16(18(13)22)5-4-14-11-15(21)12-24-19(14)20(17)25-9-7-23-8-10-25/h2-3,6,11-12,20,23H,1,4-5,7-10H2. The molecular weight excluding hydrogens is 442 g/mol. The molecule has 1 fully saturated rings. The molecule has 5 heteroatoms. The van der Waals surface area contributed by atoms with Gasteiger partial charge in [0, 0.05) is 41.3 Å². The zero-order valence-corrected chi connectivity index (χ0v) is 17.2. The van der Waals surface area contributed by atoms with Crippen LogP contribution in [0.15, 0.2) is 39.9 Å². The minimum Gasteiger partial charge on any atom is -0.314 e. The number of fused-ring (bicyclic) bond motifs is 2. The van der Waals surface area contributed by atoms with Crippen molar-refractivity contribution in [2.75, 3.05) is 26.2 Å². The highest BCUT2D eigenvalue weighted by Gasteiger charge is 2.32. The van der Waals surface area contributed by atoms with Gasteiger partial charge in [0.15, 0.2) is 0 Å². The van der Waals surface area contributed by atoms with Gasteiger partial charge in [-0.15, -0.1) is 0 Å². The van der Waals surface area contributed by atoms with E-state index in [9.17, 15) is 0 Å². The summed E-state index contributed by atoms with van der Waals surface area (Å²) in [4.78, 5) is 7.43. The zero-order chi connectivity index (χ0) is 17.4.